The molecule has 0 bridgehead atoms. The lowest BCUT2D eigenvalue weighted by atomic mass is 10.0. The van der Waals surface area contributed by atoms with Gasteiger partial charge in [0, 0.05) is 30.4 Å². The Morgan fingerprint density at radius 1 is 1.18 bits per heavy atom. The highest BCUT2D eigenvalue weighted by atomic mass is 32.2. The molecule has 2 N–H and O–H groups in total. The fourth-order valence-electron chi connectivity index (χ4n) is 3.47. The van der Waals surface area contributed by atoms with Crippen LogP contribution in [0.1, 0.15) is 29.8 Å². The van der Waals surface area contributed by atoms with Crippen LogP contribution >= 0.6 is 11.8 Å². The zero-order chi connectivity index (χ0) is 19.5. The lowest BCUT2D eigenvalue weighted by Gasteiger charge is -2.32. The molecule has 1 saturated heterocycles. The number of carbonyl (C=O) groups is 3. The van der Waals surface area contributed by atoms with E-state index >= 15 is 0 Å². The second-order valence-corrected chi connectivity index (χ2v) is 8.15. The van der Waals surface area contributed by atoms with Gasteiger partial charge in [-0.25, -0.2) is 0 Å². The van der Waals surface area contributed by atoms with Crippen LogP contribution in [0.5, 0.6) is 0 Å². The van der Waals surface area contributed by atoms with Gasteiger partial charge in [-0.2, -0.15) is 0 Å². The molecule has 8 heteroatoms. The van der Waals surface area contributed by atoms with Crippen LogP contribution in [0.15, 0.2) is 52.0 Å². The van der Waals surface area contributed by atoms with Gasteiger partial charge in [0.1, 0.15) is 0 Å². The second kappa shape index (κ2) is 8.10. The van der Waals surface area contributed by atoms with E-state index in [1.54, 1.807) is 17.0 Å². The average Bonchev–Trinajstić information content (AvgIpc) is 3.23. The Morgan fingerprint density at radius 2 is 1.96 bits per heavy atom. The smallest absolute Gasteiger partial charge is 0.289 e. The molecule has 7 nitrogen and oxygen atoms in total. The number of benzene rings is 1. The number of hydrogen-bond acceptors (Lipinski definition) is 5. The van der Waals surface area contributed by atoms with Crippen molar-refractivity contribution in [3.8, 4) is 0 Å². The molecule has 3 amide bonds. The molecule has 3 heterocycles. The van der Waals surface area contributed by atoms with E-state index in [1.165, 1.54) is 18.0 Å². The number of fused-ring (bicyclic) bond motifs is 1. The van der Waals surface area contributed by atoms with Gasteiger partial charge >= 0.3 is 0 Å². The van der Waals surface area contributed by atoms with Gasteiger partial charge in [-0.05, 0) is 37.1 Å². The summed E-state index contributed by atoms with van der Waals surface area (Å²) in [7, 11) is 0. The maximum absolute atomic E-state index is 12.4. The van der Waals surface area contributed by atoms with E-state index in [9.17, 15) is 14.4 Å². The van der Waals surface area contributed by atoms with Crippen molar-refractivity contribution in [2.24, 2.45) is 0 Å². The van der Waals surface area contributed by atoms with Crippen molar-refractivity contribution < 1.29 is 18.8 Å². The molecule has 4 rings (SSSR count). The number of anilines is 1. The van der Waals surface area contributed by atoms with E-state index in [0.717, 1.165) is 10.6 Å². The number of likely N-dealkylation sites (tertiary alicyclic amines) is 1. The fraction of sp³-hybridized carbons (Fsp3) is 0.350. The maximum atomic E-state index is 12.4. The minimum absolute atomic E-state index is 0.0112. The van der Waals surface area contributed by atoms with Gasteiger partial charge in [0.05, 0.1) is 17.2 Å². The largest absolute Gasteiger partial charge is 0.459 e. The number of nitrogens with one attached hydrogen (secondary N) is 2. The first-order chi connectivity index (χ1) is 13.6. The quantitative estimate of drug-likeness (QED) is 0.824. The van der Waals surface area contributed by atoms with Crippen LogP contribution in [-0.4, -0.2) is 47.0 Å². The third kappa shape index (κ3) is 4.06. The Kier molecular flexibility index (Phi) is 5.38. The minimum atomic E-state index is -0.435. The number of amides is 3. The standard InChI is InChI=1S/C20H21N3O4S/c24-18(12-17-19(25)22-14-4-1-2-6-16(14)28-17)21-13-7-9-23(10-8-13)20(26)15-5-3-11-27-15/h1-6,11,13,17H,7-10,12H2,(H,21,24)(H,22,25). The number of para-hydroxylation sites is 1. The molecule has 1 aromatic heterocycles. The van der Waals surface area contributed by atoms with Gasteiger partial charge < -0.3 is 20.0 Å². The van der Waals surface area contributed by atoms with Crippen LogP contribution in [0.25, 0.3) is 0 Å². The Hall–Kier alpha value is -2.74. The number of hydrogen-bond donors (Lipinski definition) is 2. The van der Waals surface area contributed by atoms with Gasteiger partial charge in [-0.3, -0.25) is 14.4 Å². The van der Waals surface area contributed by atoms with Gasteiger partial charge in [0.25, 0.3) is 5.91 Å². The first-order valence-electron chi connectivity index (χ1n) is 9.29. The SMILES string of the molecule is O=C(CC1Sc2ccccc2NC1=O)NC1CCN(C(=O)c2ccco2)CC1. The maximum Gasteiger partial charge on any atom is 0.289 e. The van der Waals surface area contributed by atoms with Gasteiger partial charge in [0.15, 0.2) is 5.76 Å². The van der Waals surface area contributed by atoms with Crippen LogP contribution in [0.3, 0.4) is 0 Å². The first-order valence-corrected chi connectivity index (χ1v) is 10.2. The lowest BCUT2D eigenvalue weighted by Crippen LogP contribution is -2.47. The van der Waals surface area contributed by atoms with Gasteiger partial charge in [-0.15, -0.1) is 11.8 Å². The fourth-order valence-corrected chi connectivity index (χ4v) is 4.58. The number of furan rings is 1. The van der Waals surface area contributed by atoms with Crippen LogP contribution < -0.4 is 10.6 Å². The predicted molar refractivity (Wildman–Crippen MR) is 105 cm³/mol. The highest BCUT2D eigenvalue weighted by Crippen LogP contribution is 2.36. The van der Waals surface area contributed by atoms with Crippen molar-refractivity contribution in [2.75, 3.05) is 18.4 Å². The Bertz CT molecular complexity index is 875. The van der Waals surface area contributed by atoms with E-state index in [0.29, 0.717) is 31.7 Å². The summed E-state index contributed by atoms with van der Waals surface area (Å²) < 4.78 is 5.16. The zero-order valence-electron chi connectivity index (χ0n) is 15.2. The third-order valence-electron chi connectivity index (χ3n) is 4.96. The van der Waals surface area contributed by atoms with Crippen molar-refractivity contribution in [3.63, 3.8) is 0 Å². The summed E-state index contributed by atoms with van der Waals surface area (Å²) in [6.07, 6.45) is 2.99. The second-order valence-electron chi connectivity index (χ2n) is 6.91. The zero-order valence-corrected chi connectivity index (χ0v) is 16.0. The Labute approximate surface area is 166 Å². The minimum Gasteiger partial charge on any atom is -0.459 e. The van der Waals surface area contributed by atoms with Gasteiger partial charge in [-0.1, -0.05) is 12.1 Å². The number of carbonyl (C=O) groups excluding carboxylic acids is 3. The molecule has 28 heavy (non-hydrogen) atoms. The number of nitrogens with zero attached hydrogens (tertiary/aromatic N) is 1. The normalized spacial score (nSPS) is 19.6. The molecule has 2 aliphatic rings. The Morgan fingerprint density at radius 3 is 2.71 bits per heavy atom. The Balaban J connectivity index is 1.26. The first kappa shape index (κ1) is 18.6. The molecule has 0 aliphatic carbocycles. The summed E-state index contributed by atoms with van der Waals surface area (Å²) in [4.78, 5) is 39.7. The van der Waals surface area contributed by atoms with Crippen LogP contribution in [0.4, 0.5) is 5.69 Å². The summed E-state index contributed by atoms with van der Waals surface area (Å²) in [6.45, 7) is 1.13. The summed E-state index contributed by atoms with van der Waals surface area (Å²) in [5.41, 5.74) is 0.794. The molecular formula is C20H21N3O4S. The molecule has 146 valence electrons. The molecule has 0 spiro atoms. The number of piperidine rings is 1. The monoisotopic (exact) mass is 399 g/mol. The van der Waals surface area contributed by atoms with E-state index in [1.807, 2.05) is 24.3 Å². The van der Waals surface area contributed by atoms with Gasteiger partial charge in [0.2, 0.25) is 11.8 Å². The average molecular weight is 399 g/mol. The van der Waals surface area contributed by atoms with Crippen molar-refractivity contribution in [3.05, 3.63) is 48.4 Å². The van der Waals surface area contributed by atoms with Crippen molar-refractivity contribution in [2.45, 2.75) is 35.4 Å². The van der Waals surface area contributed by atoms with Crippen LogP contribution in [0.2, 0.25) is 0 Å². The molecule has 0 radical (unpaired) electrons. The third-order valence-corrected chi connectivity index (χ3v) is 6.23. The molecule has 1 fully saturated rings. The number of thioether (sulfide) groups is 1. The summed E-state index contributed by atoms with van der Waals surface area (Å²) in [6, 6.07) is 10.9. The molecule has 1 aromatic carbocycles. The van der Waals surface area contributed by atoms with E-state index < -0.39 is 5.25 Å². The van der Waals surface area contributed by atoms with Crippen LogP contribution in [-0.2, 0) is 9.59 Å². The van der Waals surface area contributed by atoms with Crippen molar-refractivity contribution >= 4 is 35.2 Å². The summed E-state index contributed by atoms with van der Waals surface area (Å²) in [5, 5.41) is 5.43. The predicted octanol–water partition coefficient (Wildman–Crippen LogP) is 2.50. The van der Waals surface area contributed by atoms with Crippen LogP contribution in [0, 0.1) is 0 Å². The molecule has 1 unspecified atom stereocenters. The lowest BCUT2D eigenvalue weighted by molar-refractivity contribution is -0.124. The van der Waals surface area contributed by atoms with E-state index in [4.69, 9.17) is 4.42 Å². The molecule has 1 atom stereocenters. The highest BCUT2D eigenvalue weighted by molar-refractivity contribution is 8.01. The van der Waals surface area contributed by atoms with E-state index in [2.05, 4.69) is 10.6 Å². The molecule has 0 saturated carbocycles. The summed E-state index contributed by atoms with van der Waals surface area (Å²) >= 11 is 1.42. The molecule has 2 aromatic rings. The molecular weight excluding hydrogens is 378 g/mol. The van der Waals surface area contributed by atoms with Crippen molar-refractivity contribution in [1.29, 1.82) is 0 Å². The molecule has 2 aliphatic heterocycles. The summed E-state index contributed by atoms with van der Waals surface area (Å²) in [5.74, 6) is -0.0626. The number of rotatable bonds is 4. The van der Waals surface area contributed by atoms with Crippen molar-refractivity contribution in [1.82, 2.24) is 10.2 Å². The topological polar surface area (TPSA) is 91.7 Å². The van der Waals surface area contributed by atoms with E-state index in [-0.39, 0.29) is 30.2 Å². The highest BCUT2D eigenvalue weighted by Gasteiger charge is 2.30.